The molecular weight excluding hydrogens is 332 g/mol. The van der Waals surface area contributed by atoms with Gasteiger partial charge in [-0.2, -0.15) is 0 Å². The second-order valence-electron chi connectivity index (χ2n) is 6.21. The van der Waals surface area contributed by atoms with Crippen molar-refractivity contribution >= 4 is 32.6 Å². The van der Waals surface area contributed by atoms with E-state index in [1.54, 1.807) is 0 Å². The summed E-state index contributed by atoms with van der Waals surface area (Å²) in [6.45, 7) is 6.64. The maximum absolute atomic E-state index is 12.1. The number of carbonyl (C=O) groups is 1. The van der Waals surface area contributed by atoms with Crippen LogP contribution in [0, 0.1) is 20.8 Å². The lowest BCUT2D eigenvalue weighted by Crippen LogP contribution is -2.12. The van der Waals surface area contributed by atoms with E-state index < -0.39 is 0 Å². The third-order valence-corrected chi connectivity index (χ3v) is 4.94. The van der Waals surface area contributed by atoms with E-state index >= 15 is 0 Å². The summed E-state index contributed by atoms with van der Waals surface area (Å²) in [6.07, 6.45) is 1.09. The molecule has 3 rings (SSSR count). The number of carbonyl (C=O) groups excluding carboxylic acids is 1. The Kier molecular flexibility index (Phi) is 5.34. The van der Waals surface area contributed by atoms with Gasteiger partial charge in [0.1, 0.15) is 5.75 Å². The Morgan fingerprint density at radius 3 is 2.76 bits per heavy atom. The molecule has 0 saturated heterocycles. The predicted octanol–water partition coefficient (Wildman–Crippen LogP) is 5.02. The maximum Gasteiger partial charge on any atom is 0.226 e. The molecule has 4 nitrogen and oxygen atoms in total. The molecule has 0 aliphatic carbocycles. The van der Waals surface area contributed by atoms with Crippen LogP contribution in [0.5, 0.6) is 5.75 Å². The third-order valence-electron chi connectivity index (χ3n) is 4.00. The first-order valence-electron chi connectivity index (χ1n) is 8.39. The quantitative estimate of drug-likeness (QED) is 0.632. The number of thiazole rings is 1. The van der Waals surface area contributed by atoms with E-state index in [0.717, 1.165) is 27.1 Å². The number of benzene rings is 2. The van der Waals surface area contributed by atoms with Crippen molar-refractivity contribution in [2.24, 2.45) is 0 Å². The van der Waals surface area contributed by atoms with Crippen molar-refractivity contribution in [1.82, 2.24) is 4.98 Å². The molecule has 25 heavy (non-hydrogen) atoms. The SMILES string of the molecule is Cc1ccc(OCCCC(=O)Nc2nc3c(C)cccc3s2)c(C)c1. The van der Waals surface area contributed by atoms with Crippen LogP contribution < -0.4 is 10.1 Å². The number of ether oxygens (including phenoxy) is 1. The number of nitrogens with zero attached hydrogens (tertiary/aromatic N) is 1. The fourth-order valence-electron chi connectivity index (χ4n) is 2.70. The van der Waals surface area contributed by atoms with E-state index in [1.807, 2.05) is 44.2 Å². The maximum atomic E-state index is 12.1. The smallest absolute Gasteiger partial charge is 0.226 e. The van der Waals surface area contributed by atoms with Gasteiger partial charge in [-0.15, -0.1) is 0 Å². The number of para-hydroxylation sites is 1. The van der Waals surface area contributed by atoms with Crippen LogP contribution in [0.25, 0.3) is 10.2 Å². The van der Waals surface area contributed by atoms with Gasteiger partial charge in [0, 0.05) is 6.42 Å². The molecule has 5 heteroatoms. The molecular formula is C20H22N2O2S. The van der Waals surface area contributed by atoms with Crippen LogP contribution in [0.3, 0.4) is 0 Å². The molecule has 1 N–H and O–H groups in total. The van der Waals surface area contributed by atoms with Crippen LogP contribution in [0.1, 0.15) is 29.5 Å². The molecule has 0 unspecified atom stereocenters. The summed E-state index contributed by atoms with van der Waals surface area (Å²) in [5.41, 5.74) is 4.42. The van der Waals surface area contributed by atoms with Gasteiger partial charge in [0.15, 0.2) is 5.13 Å². The number of nitrogens with one attached hydrogen (secondary N) is 1. The van der Waals surface area contributed by atoms with Crippen molar-refractivity contribution in [2.45, 2.75) is 33.6 Å². The number of fused-ring (bicyclic) bond motifs is 1. The molecule has 1 amide bonds. The van der Waals surface area contributed by atoms with Gasteiger partial charge in [0.25, 0.3) is 0 Å². The van der Waals surface area contributed by atoms with Gasteiger partial charge < -0.3 is 10.1 Å². The standard InChI is InChI=1S/C20H22N2O2S/c1-13-9-10-16(15(3)12-13)24-11-5-8-18(23)21-20-22-19-14(2)6-4-7-17(19)25-20/h4,6-7,9-10,12H,5,8,11H2,1-3H3,(H,21,22,23). The number of anilines is 1. The highest BCUT2D eigenvalue weighted by molar-refractivity contribution is 7.22. The molecule has 2 aromatic carbocycles. The van der Waals surface area contributed by atoms with Crippen molar-refractivity contribution in [1.29, 1.82) is 0 Å². The lowest BCUT2D eigenvalue weighted by molar-refractivity contribution is -0.116. The summed E-state index contributed by atoms with van der Waals surface area (Å²) in [7, 11) is 0. The lowest BCUT2D eigenvalue weighted by Gasteiger charge is -2.09. The minimum Gasteiger partial charge on any atom is -0.493 e. The first-order chi connectivity index (χ1) is 12.0. The van der Waals surface area contributed by atoms with E-state index in [9.17, 15) is 4.79 Å². The van der Waals surface area contributed by atoms with E-state index in [1.165, 1.54) is 16.9 Å². The molecule has 0 bridgehead atoms. The largest absolute Gasteiger partial charge is 0.493 e. The summed E-state index contributed by atoms with van der Waals surface area (Å²) in [4.78, 5) is 16.6. The molecule has 0 saturated carbocycles. The zero-order valence-corrected chi connectivity index (χ0v) is 15.6. The lowest BCUT2D eigenvalue weighted by atomic mass is 10.1. The molecule has 0 spiro atoms. The number of hydrogen-bond acceptors (Lipinski definition) is 4. The van der Waals surface area contributed by atoms with Crippen LogP contribution in [0.4, 0.5) is 5.13 Å². The van der Waals surface area contributed by atoms with Gasteiger partial charge in [-0.05, 0) is 50.5 Å². The molecule has 0 radical (unpaired) electrons. The second-order valence-corrected chi connectivity index (χ2v) is 7.24. The summed E-state index contributed by atoms with van der Waals surface area (Å²) >= 11 is 1.50. The normalized spacial score (nSPS) is 10.8. The highest BCUT2D eigenvalue weighted by atomic mass is 32.1. The van der Waals surface area contributed by atoms with Gasteiger partial charge >= 0.3 is 0 Å². The van der Waals surface area contributed by atoms with E-state index in [2.05, 4.69) is 23.3 Å². The van der Waals surface area contributed by atoms with Crippen LogP contribution in [0.15, 0.2) is 36.4 Å². The number of aryl methyl sites for hydroxylation is 3. The number of hydrogen-bond donors (Lipinski definition) is 1. The molecule has 130 valence electrons. The summed E-state index contributed by atoms with van der Waals surface area (Å²) in [5.74, 6) is 0.855. The van der Waals surface area contributed by atoms with Crippen LogP contribution >= 0.6 is 11.3 Å². The minimum atomic E-state index is -0.0269. The monoisotopic (exact) mass is 354 g/mol. The summed E-state index contributed by atoms with van der Waals surface area (Å²) in [5, 5.41) is 3.55. The number of amides is 1. The minimum absolute atomic E-state index is 0.0269. The average molecular weight is 354 g/mol. The average Bonchev–Trinajstić information content (AvgIpc) is 2.97. The molecule has 0 atom stereocenters. The highest BCUT2D eigenvalue weighted by Crippen LogP contribution is 2.28. The molecule has 1 heterocycles. The van der Waals surface area contributed by atoms with Crippen molar-refractivity contribution in [3.63, 3.8) is 0 Å². The third kappa shape index (κ3) is 4.37. The Labute approximate surface area is 151 Å². The van der Waals surface area contributed by atoms with E-state index in [4.69, 9.17) is 4.74 Å². The molecule has 1 aromatic heterocycles. The zero-order valence-electron chi connectivity index (χ0n) is 14.8. The fraction of sp³-hybridized carbons (Fsp3) is 0.300. The molecule has 3 aromatic rings. The van der Waals surface area contributed by atoms with Gasteiger partial charge in [-0.3, -0.25) is 4.79 Å². The van der Waals surface area contributed by atoms with E-state index in [0.29, 0.717) is 24.6 Å². The Morgan fingerprint density at radius 2 is 2.00 bits per heavy atom. The second kappa shape index (κ2) is 7.66. The van der Waals surface area contributed by atoms with Crippen molar-refractivity contribution < 1.29 is 9.53 Å². The molecule has 0 fully saturated rings. The highest BCUT2D eigenvalue weighted by Gasteiger charge is 2.09. The fourth-order valence-corrected chi connectivity index (χ4v) is 3.66. The number of rotatable bonds is 6. The van der Waals surface area contributed by atoms with E-state index in [-0.39, 0.29) is 5.91 Å². The number of aromatic nitrogens is 1. The molecule has 0 aliphatic heterocycles. The van der Waals surface area contributed by atoms with Gasteiger partial charge in [-0.1, -0.05) is 41.2 Å². The van der Waals surface area contributed by atoms with Crippen molar-refractivity contribution in [2.75, 3.05) is 11.9 Å². The van der Waals surface area contributed by atoms with Gasteiger partial charge in [0.2, 0.25) is 5.91 Å². The zero-order chi connectivity index (χ0) is 17.8. The Morgan fingerprint density at radius 1 is 1.16 bits per heavy atom. The summed E-state index contributed by atoms with van der Waals surface area (Å²) < 4.78 is 6.85. The topological polar surface area (TPSA) is 51.2 Å². The Balaban J connectivity index is 1.48. The van der Waals surface area contributed by atoms with Crippen LogP contribution in [-0.4, -0.2) is 17.5 Å². The first kappa shape index (κ1) is 17.4. The van der Waals surface area contributed by atoms with Crippen molar-refractivity contribution in [3.8, 4) is 5.75 Å². The van der Waals surface area contributed by atoms with Gasteiger partial charge in [-0.25, -0.2) is 4.98 Å². The Bertz CT molecular complexity index is 902. The van der Waals surface area contributed by atoms with Gasteiger partial charge in [0.05, 0.1) is 16.8 Å². The van der Waals surface area contributed by atoms with Crippen LogP contribution in [0.2, 0.25) is 0 Å². The van der Waals surface area contributed by atoms with Crippen LogP contribution in [-0.2, 0) is 4.79 Å². The Hall–Kier alpha value is -2.40. The summed E-state index contributed by atoms with van der Waals surface area (Å²) in [6, 6.07) is 12.2. The molecule has 0 aliphatic rings. The predicted molar refractivity (Wildman–Crippen MR) is 104 cm³/mol. The van der Waals surface area contributed by atoms with Crippen molar-refractivity contribution in [3.05, 3.63) is 53.1 Å². The first-order valence-corrected chi connectivity index (χ1v) is 9.20.